The highest BCUT2D eigenvalue weighted by molar-refractivity contribution is 5.85. The molecule has 1 fully saturated rings. The second-order valence-electron chi connectivity index (χ2n) is 4.96. The Morgan fingerprint density at radius 1 is 1.38 bits per heavy atom. The number of halogens is 1. The molecule has 1 saturated carbocycles. The molecule has 4 heteroatoms. The van der Waals surface area contributed by atoms with Crippen LogP contribution in [0.2, 0.25) is 0 Å². The van der Waals surface area contributed by atoms with Crippen LogP contribution in [0.25, 0.3) is 0 Å². The van der Waals surface area contributed by atoms with E-state index in [-0.39, 0.29) is 18.3 Å². The molecule has 0 aromatic carbocycles. The van der Waals surface area contributed by atoms with Crippen molar-refractivity contribution >= 4 is 18.3 Å². The van der Waals surface area contributed by atoms with Gasteiger partial charge in [0.2, 0.25) is 5.91 Å². The van der Waals surface area contributed by atoms with Crippen molar-refractivity contribution in [1.29, 1.82) is 0 Å². The molecule has 0 aromatic heterocycles. The van der Waals surface area contributed by atoms with Gasteiger partial charge in [-0.1, -0.05) is 13.8 Å². The van der Waals surface area contributed by atoms with Crippen molar-refractivity contribution in [3.63, 3.8) is 0 Å². The second kappa shape index (κ2) is 8.82. The molecule has 0 aliphatic heterocycles. The van der Waals surface area contributed by atoms with Gasteiger partial charge in [-0.05, 0) is 44.1 Å². The standard InChI is InChI=1S/C12H24N2O.ClH/c1-10(2)4-3-7-14-12(15)9-13-8-11-5-6-11;/h10-11,13H,3-9H2,1-2H3,(H,14,15);1H. The number of rotatable bonds is 8. The van der Waals surface area contributed by atoms with Crippen molar-refractivity contribution in [1.82, 2.24) is 10.6 Å². The lowest BCUT2D eigenvalue weighted by Gasteiger charge is -2.07. The lowest BCUT2D eigenvalue weighted by molar-refractivity contribution is -0.120. The first kappa shape index (κ1) is 15.7. The topological polar surface area (TPSA) is 41.1 Å². The number of hydrogen-bond acceptors (Lipinski definition) is 2. The van der Waals surface area contributed by atoms with E-state index in [9.17, 15) is 4.79 Å². The first-order valence-corrected chi connectivity index (χ1v) is 6.16. The van der Waals surface area contributed by atoms with Crippen LogP contribution in [-0.4, -0.2) is 25.5 Å². The van der Waals surface area contributed by atoms with Gasteiger partial charge in [-0.3, -0.25) is 4.79 Å². The van der Waals surface area contributed by atoms with E-state index in [0.717, 1.165) is 31.3 Å². The summed E-state index contributed by atoms with van der Waals surface area (Å²) >= 11 is 0. The third-order valence-electron chi connectivity index (χ3n) is 2.70. The highest BCUT2D eigenvalue weighted by Crippen LogP contribution is 2.27. The molecule has 0 aromatic rings. The molecule has 16 heavy (non-hydrogen) atoms. The smallest absolute Gasteiger partial charge is 0.233 e. The van der Waals surface area contributed by atoms with Crippen LogP contribution in [0.15, 0.2) is 0 Å². The zero-order valence-corrected chi connectivity index (χ0v) is 11.2. The average Bonchev–Trinajstić information content (AvgIpc) is 2.96. The van der Waals surface area contributed by atoms with Crippen LogP contribution >= 0.6 is 12.4 Å². The minimum atomic E-state index is 0. The fourth-order valence-electron chi connectivity index (χ4n) is 1.51. The normalized spacial score (nSPS) is 14.7. The van der Waals surface area contributed by atoms with Gasteiger partial charge in [-0.2, -0.15) is 0 Å². The van der Waals surface area contributed by atoms with Crippen molar-refractivity contribution in [2.24, 2.45) is 11.8 Å². The molecule has 2 N–H and O–H groups in total. The highest BCUT2D eigenvalue weighted by atomic mass is 35.5. The SMILES string of the molecule is CC(C)CCCNC(=O)CNCC1CC1.Cl. The summed E-state index contributed by atoms with van der Waals surface area (Å²) in [5, 5.41) is 6.12. The highest BCUT2D eigenvalue weighted by Gasteiger charge is 2.20. The third-order valence-corrected chi connectivity index (χ3v) is 2.70. The summed E-state index contributed by atoms with van der Waals surface area (Å²) in [5.74, 6) is 1.72. The summed E-state index contributed by atoms with van der Waals surface area (Å²) < 4.78 is 0. The molecule has 0 spiro atoms. The third kappa shape index (κ3) is 8.98. The molecular formula is C12H25ClN2O. The van der Waals surface area contributed by atoms with Gasteiger partial charge in [0, 0.05) is 6.54 Å². The monoisotopic (exact) mass is 248 g/mol. The van der Waals surface area contributed by atoms with Gasteiger partial charge >= 0.3 is 0 Å². The molecule has 3 nitrogen and oxygen atoms in total. The van der Waals surface area contributed by atoms with Crippen molar-refractivity contribution in [2.45, 2.75) is 39.5 Å². The van der Waals surface area contributed by atoms with Crippen molar-refractivity contribution < 1.29 is 4.79 Å². The molecule has 0 unspecified atom stereocenters. The van der Waals surface area contributed by atoms with Gasteiger partial charge in [0.1, 0.15) is 0 Å². The number of hydrogen-bond donors (Lipinski definition) is 2. The van der Waals surface area contributed by atoms with E-state index in [1.165, 1.54) is 19.3 Å². The van der Waals surface area contributed by atoms with E-state index >= 15 is 0 Å². The summed E-state index contributed by atoms with van der Waals surface area (Å²) in [6, 6.07) is 0. The maximum atomic E-state index is 11.3. The first-order chi connectivity index (χ1) is 7.18. The Balaban J connectivity index is 0.00000225. The van der Waals surface area contributed by atoms with E-state index in [1.54, 1.807) is 0 Å². The summed E-state index contributed by atoms with van der Waals surface area (Å²) in [4.78, 5) is 11.3. The van der Waals surface area contributed by atoms with Crippen molar-refractivity contribution in [3.8, 4) is 0 Å². The Kier molecular flexibility index (Phi) is 8.67. The van der Waals surface area contributed by atoms with Gasteiger partial charge in [0.05, 0.1) is 6.54 Å². The van der Waals surface area contributed by atoms with Gasteiger partial charge in [-0.15, -0.1) is 12.4 Å². The van der Waals surface area contributed by atoms with Gasteiger partial charge < -0.3 is 10.6 Å². The fraction of sp³-hybridized carbons (Fsp3) is 0.917. The van der Waals surface area contributed by atoms with Crippen LogP contribution in [0.3, 0.4) is 0 Å². The van der Waals surface area contributed by atoms with Crippen molar-refractivity contribution in [2.75, 3.05) is 19.6 Å². The summed E-state index contributed by atoms with van der Waals surface area (Å²) in [6.07, 6.45) is 4.95. The average molecular weight is 249 g/mol. The molecule has 0 saturated heterocycles. The molecule has 0 radical (unpaired) electrons. The number of carbonyl (C=O) groups excluding carboxylic acids is 1. The molecule has 1 amide bonds. The zero-order valence-electron chi connectivity index (χ0n) is 10.4. The van der Waals surface area contributed by atoms with Crippen LogP contribution < -0.4 is 10.6 Å². The molecule has 1 rings (SSSR count). The maximum Gasteiger partial charge on any atom is 0.233 e. The van der Waals surface area contributed by atoms with E-state index in [4.69, 9.17) is 0 Å². The minimum Gasteiger partial charge on any atom is -0.355 e. The Morgan fingerprint density at radius 3 is 2.62 bits per heavy atom. The van der Waals surface area contributed by atoms with Gasteiger partial charge in [0.25, 0.3) is 0 Å². The zero-order chi connectivity index (χ0) is 11.1. The molecule has 0 atom stereocenters. The molecule has 96 valence electrons. The minimum absolute atomic E-state index is 0. The van der Waals surface area contributed by atoms with E-state index < -0.39 is 0 Å². The maximum absolute atomic E-state index is 11.3. The van der Waals surface area contributed by atoms with Crippen molar-refractivity contribution in [3.05, 3.63) is 0 Å². The first-order valence-electron chi connectivity index (χ1n) is 6.16. The van der Waals surface area contributed by atoms with Crippen LogP contribution in [0, 0.1) is 11.8 Å². The summed E-state index contributed by atoms with van der Waals surface area (Å²) in [7, 11) is 0. The van der Waals surface area contributed by atoms with E-state index in [0.29, 0.717) is 6.54 Å². The fourth-order valence-corrected chi connectivity index (χ4v) is 1.51. The largest absolute Gasteiger partial charge is 0.355 e. The Morgan fingerprint density at radius 2 is 2.06 bits per heavy atom. The predicted molar refractivity (Wildman–Crippen MR) is 69.9 cm³/mol. The van der Waals surface area contributed by atoms with E-state index in [2.05, 4.69) is 24.5 Å². The van der Waals surface area contributed by atoms with Crippen LogP contribution in [0.1, 0.15) is 39.5 Å². The second-order valence-corrected chi connectivity index (χ2v) is 4.96. The van der Waals surface area contributed by atoms with E-state index in [1.807, 2.05) is 0 Å². The number of carbonyl (C=O) groups is 1. The number of nitrogens with one attached hydrogen (secondary N) is 2. The Hall–Kier alpha value is -0.280. The molecule has 1 aliphatic rings. The number of amides is 1. The lowest BCUT2D eigenvalue weighted by Crippen LogP contribution is -2.35. The molecule has 1 aliphatic carbocycles. The quantitative estimate of drug-likeness (QED) is 0.645. The summed E-state index contributed by atoms with van der Waals surface area (Å²) in [5.41, 5.74) is 0. The predicted octanol–water partition coefficient (Wildman–Crippen LogP) is 1.96. The summed E-state index contributed by atoms with van der Waals surface area (Å²) in [6.45, 7) is 6.73. The lowest BCUT2D eigenvalue weighted by atomic mass is 10.1. The molecule has 0 bridgehead atoms. The van der Waals surface area contributed by atoms with Gasteiger partial charge in [-0.25, -0.2) is 0 Å². The molecular weight excluding hydrogens is 224 g/mol. The van der Waals surface area contributed by atoms with Crippen LogP contribution in [-0.2, 0) is 4.79 Å². The van der Waals surface area contributed by atoms with Crippen LogP contribution in [0.4, 0.5) is 0 Å². The van der Waals surface area contributed by atoms with Gasteiger partial charge in [0.15, 0.2) is 0 Å². The Bertz CT molecular complexity index is 193. The molecule has 0 heterocycles. The van der Waals surface area contributed by atoms with Crippen LogP contribution in [0.5, 0.6) is 0 Å². The Labute approximate surface area is 105 Å².